The number of nitrogens with one attached hydrogen (secondary N) is 1. The molecule has 0 spiro atoms. The first kappa shape index (κ1) is 19.0. The molecule has 0 unspecified atom stereocenters. The molecule has 0 saturated heterocycles. The van der Waals surface area contributed by atoms with Crippen LogP contribution in [0, 0.1) is 0 Å². The maximum absolute atomic E-state index is 12.2. The van der Waals surface area contributed by atoms with Crippen molar-refractivity contribution in [1.29, 1.82) is 0 Å². The van der Waals surface area contributed by atoms with Crippen molar-refractivity contribution < 1.29 is 33.0 Å². The molecule has 0 radical (unpaired) electrons. The zero-order valence-corrected chi connectivity index (χ0v) is 14.2. The van der Waals surface area contributed by atoms with Gasteiger partial charge in [-0.25, -0.2) is 4.79 Å². The number of hydrogen-bond acceptors (Lipinski definition) is 4. The van der Waals surface area contributed by atoms with Gasteiger partial charge in [-0.1, -0.05) is 12.1 Å². The molecule has 138 valence electrons. The topological polar surface area (TPSA) is 84.9 Å². The van der Waals surface area contributed by atoms with Gasteiger partial charge in [-0.3, -0.25) is 4.79 Å². The van der Waals surface area contributed by atoms with Crippen molar-refractivity contribution in [2.75, 3.05) is 0 Å². The highest BCUT2D eigenvalue weighted by atomic mass is 19.3. The van der Waals surface area contributed by atoms with E-state index in [1.54, 1.807) is 20.8 Å². The molecule has 1 aliphatic carbocycles. The molecule has 6 nitrogen and oxygen atoms in total. The van der Waals surface area contributed by atoms with Crippen LogP contribution >= 0.6 is 0 Å². The summed E-state index contributed by atoms with van der Waals surface area (Å²) in [6.45, 7) is 2.26. The molecule has 8 heteroatoms. The molecule has 1 aromatic rings. The van der Waals surface area contributed by atoms with Gasteiger partial charge in [-0.15, -0.1) is 0 Å². The Hall–Kier alpha value is -2.38. The number of halogens is 2. The van der Waals surface area contributed by atoms with Gasteiger partial charge in [0.2, 0.25) is 0 Å². The van der Waals surface area contributed by atoms with Gasteiger partial charge in [0.15, 0.2) is 0 Å². The summed E-state index contributed by atoms with van der Waals surface area (Å²) in [5.41, 5.74) is -1.33. The monoisotopic (exact) mass is 357 g/mol. The van der Waals surface area contributed by atoms with Crippen molar-refractivity contribution in [1.82, 2.24) is 5.32 Å². The molecule has 0 heterocycles. The summed E-state index contributed by atoms with van der Waals surface area (Å²) in [7, 11) is 0. The molecule has 25 heavy (non-hydrogen) atoms. The first-order valence-corrected chi connectivity index (χ1v) is 7.80. The van der Waals surface area contributed by atoms with Crippen molar-refractivity contribution >= 4 is 12.1 Å². The van der Waals surface area contributed by atoms with Gasteiger partial charge in [0.1, 0.15) is 11.4 Å². The van der Waals surface area contributed by atoms with Crippen molar-refractivity contribution in [2.45, 2.75) is 57.3 Å². The van der Waals surface area contributed by atoms with Crippen molar-refractivity contribution in [3.05, 3.63) is 29.8 Å². The second-order valence-electron chi connectivity index (χ2n) is 7.04. The lowest BCUT2D eigenvalue weighted by atomic mass is 9.61. The zero-order chi connectivity index (χ0) is 18.8. The van der Waals surface area contributed by atoms with Crippen LogP contribution in [0.5, 0.6) is 5.75 Å². The van der Waals surface area contributed by atoms with Gasteiger partial charge in [0.25, 0.3) is 0 Å². The number of rotatable bonds is 5. The highest BCUT2D eigenvalue weighted by Gasteiger charge is 2.52. The van der Waals surface area contributed by atoms with Gasteiger partial charge >= 0.3 is 18.7 Å². The van der Waals surface area contributed by atoms with E-state index in [1.807, 2.05) is 0 Å². The van der Waals surface area contributed by atoms with E-state index in [0.717, 1.165) is 0 Å². The fourth-order valence-electron chi connectivity index (χ4n) is 2.85. The number of hydrogen-bond donors (Lipinski definition) is 2. The molecular formula is C17H21F2NO5. The van der Waals surface area contributed by atoms with E-state index in [1.165, 1.54) is 24.3 Å². The third-order valence-electron chi connectivity index (χ3n) is 3.95. The fraction of sp³-hybridized carbons (Fsp3) is 0.529. The van der Waals surface area contributed by atoms with Crippen LogP contribution in [0.15, 0.2) is 24.3 Å². The van der Waals surface area contributed by atoms with E-state index in [9.17, 15) is 23.5 Å². The lowest BCUT2D eigenvalue weighted by molar-refractivity contribution is -0.148. The molecule has 1 aliphatic rings. The van der Waals surface area contributed by atoms with E-state index < -0.39 is 29.7 Å². The maximum Gasteiger partial charge on any atom is 0.407 e. The Kier molecular flexibility index (Phi) is 5.20. The average Bonchev–Trinajstić information content (AvgIpc) is 2.40. The molecule has 0 aromatic heterocycles. The van der Waals surface area contributed by atoms with Gasteiger partial charge in [-0.05, 0) is 51.3 Å². The van der Waals surface area contributed by atoms with Gasteiger partial charge in [-0.2, -0.15) is 8.78 Å². The SMILES string of the molecule is CC(C)(C)OC(=O)NC1CC(C(=O)O)(c2ccc(OC(F)F)cc2)C1. The summed E-state index contributed by atoms with van der Waals surface area (Å²) in [4.78, 5) is 23.5. The van der Waals surface area contributed by atoms with Crippen LogP contribution in [0.25, 0.3) is 0 Å². The van der Waals surface area contributed by atoms with Gasteiger partial charge < -0.3 is 19.9 Å². The number of carbonyl (C=O) groups excluding carboxylic acids is 1. The number of carboxylic acid groups (broad SMARTS) is 1. The summed E-state index contributed by atoms with van der Waals surface area (Å²) in [5, 5.41) is 12.2. The number of carbonyl (C=O) groups is 2. The Morgan fingerprint density at radius 1 is 1.24 bits per heavy atom. The number of benzene rings is 1. The van der Waals surface area contributed by atoms with E-state index in [0.29, 0.717) is 5.56 Å². The van der Waals surface area contributed by atoms with E-state index in [-0.39, 0.29) is 24.6 Å². The number of amides is 1. The molecule has 1 aromatic carbocycles. The van der Waals surface area contributed by atoms with Crippen molar-refractivity contribution in [3.63, 3.8) is 0 Å². The van der Waals surface area contributed by atoms with Crippen LogP contribution in [-0.4, -0.2) is 35.4 Å². The summed E-state index contributed by atoms with van der Waals surface area (Å²) in [6, 6.07) is 5.19. The predicted octanol–water partition coefficient (Wildman–Crippen LogP) is 3.30. The lowest BCUT2D eigenvalue weighted by Crippen LogP contribution is -2.57. The van der Waals surface area contributed by atoms with Crippen molar-refractivity contribution in [3.8, 4) is 5.75 Å². The van der Waals surface area contributed by atoms with Crippen LogP contribution in [0.3, 0.4) is 0 Å². The minimum Gasteiger partial charge on any atom is -0.481 e. The highest BCUT2D eigenvalue weighted by molar-refractivity contribution is 5.83. The standard InChI is InChI=1S/C17H21F2NO5/c1-16(2,3)25-15(23)20-11-8-17(9-11,13(21)22)10-4-6-12(7-5-10)24-14(18)19/h4-7,11,14H,8-9H2,1-3H3,(H,20,23)(H,21,22). The first-order valence-electron chi connectivity index (χ1n) is 7.80. The first-order chi connectivity index (χ1) is 11.5. The normalized spacial score (nSPS) is 22.9. The third-order valence-corrected chi connectivity index (χ3v) is 3.95. The molecule has 0 bridgehead atoms. The summed E-state index contributed by atoms with van der Waals surface area (Å²) >= 11 is 0. The quantitative estimate of drug-likeness (QED) is 0.845. The Balaban J connectivity index is 2.03. The van der Waals surface area contributed by atoms with Crippen molar-refractivity contribution in [2.24, 2.45) is 0 Å². The minimum atomic E-state index is -2.94. The number of aliphatic carboxylic acids is 1. The summed E-state index contributed by atoms with van der Waals surface area (Å²) < 4.78 is 33.8. The maximum atomic E-state index is 12.2. The number of alkyl halides is 2. The lowest BCUT2D eigenvalue weighted by Gasteiger charge is -2.45. The molecule has 2 rings (SSSR count). The molecule has 1 fully saturated rings. The number of carboxylic acids is 1. The van der Waals surface area contributed by atoms with Crippen LogP contribution in [0.2, 0.25) is 0 Å². The summed E-state index contributed by atoms with van der Waals surface area (Å²) in [5.74, 6) is -1.07. The number of alkyl carbamates (subject to hydrolysis) is 1. The van der Waals surface area contributed by atoms with E-state index in [2.05, 4.69) is 10.1 Å². The number of ether oxygens (including phenoxy) is 2. The Morgan fingerprint density at radius 3 is 2.24 bits per heavy atom. The fourth-order valence-corrected chi connectivity index (χ4v) is 2.85. The second-order valence-corrected chi connectivity index (χ2v) is 7.04. The molecule has 1 amide bonds. The molecule has 0 aliphatic heterocycles. The summed E-state index contributed by atoms with van der Waals surface area (Å²) in [6.07, 6.45) is -0.218. The van der Waals surface area contributed by atoms with Crippen LogP contribution in [-0.2, 0) is 14.9 Å². The highest BCUT2D eigenvalue weighted by Crippen LogP contribution is 2.44. The second kappa shape index (κ2) is 6.85. The van der Waals surface area contributed by atoms with Crippen LogP contribution in [0.1, 0.15) is 39.2 Å². The smallest absolute Gasteiger partial charge is 0.407 e. The van der Waals surface area contributed by atoms with Crippen LogP contribution in [0.4, 0.5) is 13.6 Å². The largest absolute Gasteiger partial charge is 0.481 e. The molecule has 2 N–H and O–H groups in total. The molecule has 0 atom stereocenters. The van der Waals surface area contributed by atoms with Gasteiger partial charge in [0, 0.05) is 6.04 Å². The molecule has 1 saturated carbocycles. The Bertz CT molecular complexity index is 633. The average molecular weight is 357 g/mol. The van der Waals surface area contributed by atoms with E-state index in [4.69, 9.17) is 4.74 Å². The Labute approximate surface area is 144 Å². The molecular weight excluding hydrogens is 336 g/mol. The van der Waals surface area contributed by atoms with Crippen LogP contribution < -0.4 is 10.1 Å². The van der Waals surface area contributed by atoms with Gasteiger partial charge in [0.05, 0.1) is 5.41 Å². The third kappa shape index (κ3) is 4.58. The zero-order valence-electron chi connectivity index (χ0n) is 14.2. The Morgan fingerprint density at radius 2 is 1.80 bits per heavy atom. The predicted molar refractivity (Wildman–Crippen MR) is 84.8 cm³/mol. The minimum absolute atomic E-state index is 0.0398. The van der Waals surface area contributed by atoms with E-state index >= 15 is 0 Å².